The van der Waals surface area contributed by atoms with Crippen molar-refractivity contribution in [2.45, 2.75) is 31.3 Å². The van der Waals surface area contributed by atoms with Crippen LogP contribution in [0.5, 0.6) is 0 Å². The van der Waals surface area contributed by atoms with Crippen LogP contribution in [-0.2, 0) is 0 Å². The number of allylic oxidation sites excluding steroid dienone is 1. The normalized spacial score (nSPS) is 23.7. The number of nitrogens with two attached hydrogens (primary N) is 1. The predicted octanol–water partition coefficient (Wildman–Crippen LogP) is 2.12. The number of halogens is 1. The van der Waals surface area contributed by atoms with Crippen molar-refractivity contribution >= 4 is 35.1 Å². The molecule has 6 nitrogen and oxygen atoms in total. The van der Waals surface area contributed by atoms with Crippen LogP contribution in [0, 0.1) is 5.92 Å². The second-order valence-corrected chi connectivity index (χ2v) is 5.97. The van der Waals surface area contributed by atoms with Crippen molar-refractivity contribution in [2.75, 3.05) is 17.7 Å². The standard InChI is InChI=1S/C15H19N5O.ClH/c16-13-6-12(18-10-2-3-10)14-15(19-13)20(8-17-14)11-4-1-9(5-11)7-21;/h1,4,6,8-11,21H,2-3,5,7H2,(H3,16,18,19);1H/t9-,11-;/m0./s1. The Morgan fingerprint density at radius 1 is 1.36 bits per heavy atom. The van der Waals surface area contributed by atoms with Gasteiger partial charge in [-0.2, -0.15) is 0 Å². The zero-order chi connectivity index (χ0) is 14.4. The Morgan fingerprint density at radius 2 is 2.18 bits per heavy atom. The van der Waals surface area contributed by atoms with Crippen LogP contribution in [0.1, 0.15) is 25.3 Å². The highest BCUT2D eigenvalue weighted by molar-refractivity contribution is 5.88. The van der Waals surface area contributed by atoms with E-state index < -0.39 is 0 Å². The van der Waals surface area contributed by atoms with Crippen LogP contribution in [-0.4, -0.2) is 32.3 Å². The smallest absolute Gasteiger partial charge is 0.164 e. The quantitative estimate of drug-likeness (QED) is 0.751. The van der Waals surface area contributed by atoms with E-state index in [2.05, 4.69) is 32.0 Å². The van der Waals surface area contributed by atoms with E-state index in [0.717, 1.165) is 23.3 Å². The van der Waals surface area contributed by atoms with Crippen LogP contribution < -0.4 is 11.1 Å². The van der Waals surface area contributed by atoms with Gasteiger partial charge >= 0.3 is 0 Å². The summed E-state index contributed by atoms with van der Waals surface area (Å²) in [7, 11) is 0. The maximum absolute atomic E-state index is 9.27. The van der Waals surface area contributed by atoms with Crippen LogP contribution in [0.25, 0.3) is 11.2 Å². The number of anilines is 2. The van der Waals surface area contributed by atoms with Crippen LogP contribution in [0.15, 0.2) is 24.5 Å². The summed E-state index contributed by atoms with van der Waals surface area (Å²) in [5.41, 5.74) is 8.61. The molecule has 2 aliphatic carbocycles. The van der Waals surface area contributed by atoms with Gasteiger partial charge in [0.1, 0.15) is 11.3 Å². The van der Waals surface area contributed by atoms with Crippen LogP contribution in [0.3, 0.4) is 0 Å². The summed E-state index contributed by atoms with van der Waals surface area (Å²) in [5, 5.41) is 12.7. The second-order valence-electron chi connectivity index (χ2n) is 5.97. The lowest BCUT2D eigenvalue weighted by molar-refractivity contribution is 0.244. The van der Waals surface area contributed by atoms with Crippen molar-refractivity contribution in [2.24, 2.45) is 5.92 Å². The molecule has 22 heavy (non-hydrogen) atoms. The lowest BCUT2D eigenvalue weighted by Gasteiger charge is -2.13. The Hall–Kier alpha value is -1.79. The Labute approximate surface area is 134 Å². The summed E-state index contributed by atoms with van der Waals surface area (Å²) in [5.74, 6) is 0.727. The molecule has 1 fully saturated rings. The van der Waals surface area contributed by atoms with Gasteiger partial charge in [-0.1, -0.05) is 12.2 Å². The summed E-state index contributed by atoms with van der Waals surface area (Å²) in [6, 6.07) is 2.60. The highest BCUT2D eigenvalue weighted by Crippen LogP contribution is 2.33. The van der Waals surface area contributed by atoms with Crippen molar-refractivity contribution in [1.29, 1.82) is 0 Å². The third-order valence-electron chi connectivity index (χ3n) is 4.23. The van der Waals surface area contributed by atoms with Gasteiger partial charge < -0.3 is 20.7 Å². The number of nitrogens with zero attached hydrogens (tertiary/aromatic N) is 3. The molecule has 0 bridgehead atoms. The number of nitrogen functional groups attached to an aromatic ring is 1. The molecule has 0 saturated heterocycles. The van der Waals surface area contributed by atoms with E-state index in [-0.39, 0.29) is 31.0 Å². The van der Waals surface area contributed by atoms with Gasteiger partial charge in [0.05, 0.1) is 18.1 Å². The van der Waals surface area contributed by atoms with Gasteiger partial charge in [0.25, 0.3) is 0 Å². The average Bonchev–Trinajstić information content (AvgIpc) is 3.01. The van der Waals surface area contributed by atoms with Gasteiger partial charge in [0, 0.05) is 24.6 Å². The second kappa shape index (κ2) is 5.78. The molecule has 118 valence electrons. The molecule has 0 aromatic carbocycles. The summed E-state index contributed by atoms with van der Waals surface area (Å²) in [6.45, 7) is 0.184. The van der Waals surface area contributed by atoms with Crippen LogP contribution in [0.2, 0.25) is 0 Å². The third-order valence-corrected chi connectivity index (χ3v) is 4.23. The molecule has 7 heteroatoms. The fraction of sp³-hybridized carbons (Fsp3) is 0.467. The molecule has 0 aliphatic heterocycles. The molecule has 2 aromatic heterocycles. The lowest BCUT2D eigenvalue weighted by Crippen LogP contribution is -2.09. The molecule has 2 atom stereocenters. The number of aromatic nitrogens is 3. The van der Waals surface area contributed by atoms with E-state index >= 15 is 0 Å². The largest absolute Gasteiger partial charge is 0.396 e. The van der Waals surface area contributed by atoms with Crippen molar-refractivity contribution in [3.8, 4) is 0 Å². The van der Waals surface area contributed by atoms with Gasteiger partial charge in [-0.05, 0) is 19.3 Å². The number of hydrogen-bond acceptors (Lipinski definition) is 5. The number of fused-ring (bicyclic) bond motifs is 1. The summed E-state index contributed by atoms with van der Waals surface area (Å²) in [4.78, 5) is 8.98. The predicted molar refractivity (Wildman–Crippen MR) is 89.2 cm³/mol. The van der Waals surface area contributed by atoms with Gasteiger partial charge in [-0.3, -0.25) is 0 Å². The summed E-state index contributed by atoms with van der Waals surface area (Å²) >= 11 is 0. The fourth-order valence-electron chi connectivity index (χ4n) is 2.92. The molecule has 2 aliphatic rings. The average molecular weight is 322 g/mol. The zero-order valence-corrected chi connectivity index (χ0v) is 13.0. The number of aliphatic hydroxyl groups excluding tert-OH is 1. The molecular weight excluding hydrogens is 302 g/mol. The van der Waals surface area contributed by atoms with E-state index in [4.69, 9.17) is 5.73 Å². The third kappa shape index (κ3) is 2.64. The summed E-state index contributed by atoms with van der Waals surface area (Å²) < 4.78 is 2.05. The highest BCUT2D eigenvalue weighted by atomic mass is 35.5. The molecule has 1 saturated carbocycles. The maximum atomic E-state index is 9.27. The van der Waals surface area contributed by atoms with E-state index in [0.29, 0.717) is 11.9 Å². The van der Waals surface area contributed by atoms with Crippen molar-refractivity contribution < 1.29 is 5.11 Å². The van der Waals surface area contributed by atoms with Gasteiger partial charge in [0.15, 0.2) is 5.65 Å². The number of pyridine rings is 1. The van der Waals surface area contributed by atoms with E-state index in [1.54, 1.807) is 0 Å². The number of imidazole rings is 1. The molecule has 0 amide bonds. The van der Waals surface area contributed by atoms with Gasteiger partial charge in [0.2, 0.25) is 0 Å². The Morgan fingerprint density at radius 3 is 2.86 bits per heavy atom. The Bertz CT molecular complexity index is 709. The fourth-order valence-corrected chi connectivity index (χ4v) is 2.92. The zero-order valence-electron chi connectivity index (χ0n) is 12.1. The molecule has 4 N–H and O–H groups in total. The number of nitrogens with one attached hydrogen (secondary N) is 1. The Kier molecular flexibility index (Phi) is 3.97. The van der Waals surface area contributed by atoms with E-state index in [1.807, 2.05) is 12.4 Å². The summed E-state index contributed by atoms with van der Waals surface area (Å²) in [6.07, 6.45) is 9.28. The number of rotatable bonds is 4. The molecule has 2 heterocycles. The maximum Gasteiger partial charge on any atom is 0.164 e. The Balaban J connectivity index is 0.00000144. The number of aliphatic hydroxyl groups is 1. The molecule has 0 unspecified atom stereocenters. The van der Waals surface area contributed by atoms with Gasteiger partial charge in [-0.25, -0.2) is 9.97 Å². The molecule has 4 rings (SSSR count). The SMILES string of the molecule is Cl.Nc1cc(NC2CC2)c2ncn([C@H]3C=C[C@H](CO)C3)c2n1. The monoisotopic (exact) mass is 321 g/mol. The first-order chi connectivity index (χ1) is 10.2. The van der Waals surface area contributed by atoms with Crippen molar-refractivity contribution in [3.05, 3.63) is 24.5 Å². The van der Waals surface area contributed by atoms with Crippen molar-refractivity contribution in [1.82, 2.24) is 14.5 Å². The molecule has 0 spiro atoms. The van der Waals surface area contributed by atoms with E-state index in [1.165, 1.54) is 12.8 Å². The first-order valence-electron chi connectivity index (χ1n) is 7.43. The lowest BCUT2D eigenvalue weighted by atomic mass is 10.1. The van der Waals surface area contributed by atoms with E-state index in [9.17, 15) is 5.11 Å². The first kappa shape index (κ1) is 15.1. The molecule has 0 radical (unpaired) electrons. The van der Waals surface area contributed by atoms with Crippen LogP contribution >= 0.6 is 12.4 Å². The minimum atomic E-state index is 0. The number of hydrogen-bond donors (Lipinski definition) is 3. The topological polar surface area (TPSA) is 89.0 Å². The highest BCUT2D eigenvalue weighted by Gasteiger charge is 2.25. The van der Waals surface area contributed by atoms with Gasteiger partial charge in [-0.15, -0.1) is 12.4 Å². The van der Waals surface area contributed by atoms with Crippen molar-refractivity contribution in [3.63, 3.8) is 0 Å². The molecule has 2 aromatic rings. The minimum Gasteiger partial charge on any atom is -0.396 e. The minimum absolute atomic E-state index is 0. The van der Waals surface area contributed by atoms with Crippen LogP contribution in [0.4, 0.5) is 11.5 Å². The molecular formula is C15H20ClN5O. The first-order valence-corrected chi connectivity index (χ1v) is 7.43.